The fraction of sp³-hybridized carbons (Fsp3) is 0.333. The van der Waals surface area contributed by atoms with Crippen LogP contribution in [0.5, 0.6) is 0 Å². The highest BCUT2D eigenvalue weighted by Gasteiger charge is 2.14. The molecule has 5 heteroatoms. The highest BCUT2D eigenvalue weighted by Crippen LogP contribution is 2.17. The zero-order valence-corrected chi connectivity index (χ0v) is 14.9. The number of rotatable bonds is 5. The Hall–Kier alpha value is -1.98. The van der Waals surface area contributed by atoms with Crippen molar-refractivity contribution in [2.45, 2.75) is 19.9 Å². The van der Waals surface area contributed by atoms with Crippen LogP contribution in [-0.4, -0.2) is 35.6 Å². The number of aromatic nitrogens is 1. The number of hydrogen-bond donors (Lipinski definition) is 2. The molecule has 0 unspecified atom stereocenters. The number of hydrogen-bond acceptors (Lipinski definition) is 3. The largest absolute Gasteiger partial charge is 0.361 e. The molecule has 4 nitrogen and oxygen atoms in total. The summed E-state index contributed by atoms with van der Waals surface area (Å²) in [7, 11) is 4.11. The van der Waals surface area contributed by atoms with Crippen molar-refractivity contribution in [3.05, 3.63) is 59.4 Å². The summed E-state index contributed by atoms with van der Waals surface area (Å²) < 4.78 is 0. The van der Waals surface area contributed by atoms with Gasteiger partial charge in [-0.1, -0.05) is 18.2 Å². The first-order chi connectivity index (χ1) is 11.0. The zero-order valence-electron chi connectivity index (χ0n) is 14.1. The lowest BCUT2D eigenvalue weighted by Gasteiger charge is -2.25. The number of likely N-dealkylation sites (N-methyl/N-ethyl adjacent to an activating group) is 1. The van der Waals surface area contributed by atoms with Crippen LogP contribution in [0.25, 0.3) is 0 Å². The number of aryl methyl sites for hydroxylation is 2. The molecular weight excluding hydrogens is 304 g/mol. The molecule has 0 bridgehead atoms. The molecular formula is C18H24N4S. The number of anilines is 1. The van der Waals surface area contributed by atoms with E-state index >= 15 is 0 Å². The quantitative estimate of drug-likeness (QED) is 0.824. The SMILES string of the molecule is Cc1ccc(C)c(NC(=S)NC[C@@H](c2cccnc2)N(C)C)c1. The van der Waals surface area contributed by atoms with E-state index in [4.69, 9.17) is 12.2 Å². The summed E-state index contributed by atoms with van der Waals surface area (Å²) in [5.74, 6) is 0. The van der Waals surface area contributed by atoms with Gasteiger partial charge in [-0.2, -0.15) is 0 Å². The fourth-order valence-electron chi connectivity index (χ4n) is 2.40. The Morgan fingerprint density at radius 1 is 1.26 bits per heavy atom. The molecule has 0 radical (unpaired) electrons. The number of benzene rings is 1. The van der Waals surface area contributed by atoms with E-state index in [1.807, 2.05) is 12.3 Å². The molecule has 23 heavy (non-hydrogen) atoms. The molecule has 0 aliphatic rings. The van der Waals surface area contributed by atoms with Gasteiger partial charge in [-0.05, 0) is 69.0 Å². The van der Waals surface area contributed by atoms with Crippen LogP contribution in [0, 0.1) is 13.8 Å². The zero-order chi connectivity index (χ0) is 16.8. The molecule has 2 rings (SSSR count). The number of nitrogens with zero attached hydrogens (tertiary/aromatic N) is 2. The third-order valence-electron chi connectivity index (χ3n) is 3.79. The van der Waals surface area contributed by atoms with Gasteiger partial charge in [-0.15, -0.1) is 0 Å². The second kappa shape index (κ2) is 8.04. The van der Waals surface area contributed by atoms with E-state index in [9.17, 15) is 0 Å². The first kappa shape index (κ1) is 17.4. The summed E-state index contributed by atoms with van der Waals surface area (Å²) in [4.78, 5) is 6.36. The van der Waals surface area contributed by atoms with Crippen LogP contribution < -0.4 is 10.6 Å². The van der Waals surface area contributed by atoms with Gasteiger partial charge in [0, 0.05) is 24.6 Å². The fourth-order valence-corrected chi connectivity index (χ4v) is 2.59. The molecule has 0 saturated carbocycles. The maximum atomic E-state index is 5.44. The summed E-state index contributed by atoms with van der Waals surface area (Å²) in [5.41, 5.74) is 4.60. The van der Waals surface area contributed by atoms with Crippen molar-refractivity contribution >= 4 is 23.0 Å². The lowest BCUT2D eigenvalue weighted by Crippen LogP contribution is -2.36. The minimum atomic E-state index is 0.210. The Kier molecular flexibility index (Phi) is 6.07. The van der Waals surface area contributed by atoms with Crippen LogP contribution in [-0.2, 0) is 0 Å². The minimum absolute atomic E-state index is 0.210. The molecule has 0 aliphatic heterocycles. The number of nitrogens with one attached hydrogen (secondary N) is 2. The lowest BCUT2D eigenvalue weighted by molar-refractivity contribution is 0.298. The van der Waals surface area contributed by atoms with E-state index in [2.05, 4.69) is 72.7 Å². The predicted octanol–water partition coefficient (Wildman–Crippen LogP) is 3.29. The van der Waals surface area contributed by atoms with Gasteiger partial charge in [0.25, 0.3) is 0 Å². The lowest BCUT2D eigenvalue weighted by atomic mass is 10.1. The van der Waals surface area contributed by atoms with Crippen LogP contribution in [0.3, 0.4) is 0 Å². The summed E-state index contributed by atoms with van der Waals surface area (Å²) >= 11 is 5.44. The van der Waals surface area contributed by atoms with E-state index in [1.165, 1.54) is 16.7 Å². The van der Waals surface area contributed by atoms with Gasteiger partial charge in [0.2, 0.25) is 0 Å². The molecule has 2 aromatic rings. The van der Waals surface area contributed by atoms with Gasteiger partial charge >= 0.3 is 0 Å². The normalized spacial score (nSPS) is 12.0. The monoisotopic (exact) mass is 328 g/mol. The van der Waals surface area contributed by atoms with Gasteiger partial charge in [-0.25, -0.2) is 0 Å². The Labute approximate surface area is 143 Å². The molecule has 0 saturated heterocycles. The summed E-state index contributed by atoms with van der Waals surface area (Å²) in [6.45, 7) is 4.86. The molecule has 0 fully saturated rings. The smallest absolute Gasteiger partial charge is 0.170 e. The average Bonchev–Trinajstić information content (AvgIpc) is 2.52. The topological polar surface area (TPSA) is 40.2 Å². The Balaban J connectivity index is 1.98. The molecule has 2 N–H and O–H groups in total. The van der Waals surface area contributed by atoms with Gasteiger partial charge in [0.15, 0.2) is 5.11 Å². The average molecular weight is 328 g/mol. The third kappa shape index (κ3) is 5.01. The predicted molar refractivity (Wildman–Crippen MR) is 101 cm³/mol. The molecule has 1 atom stereocenters. The van der Waals surface area contributed by atoms with E-state index in [1.54, 1.807) is 6.20 Å². The second-order valence-corrected chi connectivity index (χ2v) is 6.33. The van der Waals surface area contributed by atoms with E-state index in [0.29, 0.717) is 5.11 Å². The Bertz CT molecular complexity index is 655. The highest BCUT2D eigenvalue weighted by molar-refractivity contribution is 7.80. The standard InChI is InChI=1S/C18H24N4S/c1-13-7-8-14(2)16(10-13)21-18(23)20-12-17(22(3)4)15-6-5-9-19-11-15/h5-11,17H,12H2,1-4H3,(H2,20,21,23)/t17-/m0/s1. The minimum Gasteiger partial charge on any atom is -0.361 e. The molecule has 122 valence electrons. The maximum absolute atomic E-state index is 5.44. The van der Waals surface area contributed by atoms with Crippen LogP contribution in [0.15, 0.2) is 42.7 Å². The molecule has 0 aliphatic carbocycles. The summed E-state index contributed by atoms with van der Waals surface area (Å²) in [5, 5.41) is 7.23. The summed E-state index contributed by atoms with van der Waals surface area (Å²) in [6.07, 6.45) is 3.68. The highest BCUT2D eigenvalue weighted by atomic mass is 32.1. The van der Waals surface area contributed by atoms with Gasteiger partial charge in [0.1, 0.15) is 0 Å². The Morgan fingerprint density at radius 2 is 2.04 bits per heavy atom. The Morgan fingerprint density at radius 3 is 2.70 bits per heavy atom. The molecule has 1 heterocycles. The van der Waals surface area contributed by atoms with Gasteiger partial charge in [-0.3, -0.25) is 4.98 Å². The van der Waals surface area contributed by atoms with E-state index < -0.39 is 0 Å². The van der Waals surface area contributed by atoms with Gasteiger partial charge < -0.3 is 15.5 Å². The third-order valence-corrected chi connectivity index (χ3v) is 4.04. The van der Waals surface area contributed by atoms with Crippen molar-refractivity contribution < 1.29 is 0 Å². The number of pyridine rings is 1. The molecule has 0 spiro atoms. The van der Waals surface area contributed by atoms with Crippen molar-refractivity contribution in [1.82, 2.24) is 15.2 Å². The molecule has 0 amide bonds. The van der Waals surface area contributed by atoms with Crippen LogP contribution >= 0.6 is 12.2 Å². The van der Waals surface area contributed by atoms with Crippen molar-refractivity contribution in [3.8, 4) is 0 Å². The van der Waals surface area contributed by atoms with Crippen molar-refractivity contribution in [2.24, 2.45) is 0 Å². The van der Waals surface area contributed by atoms with Gasteiger partial charge in [0.05, 0.1) is 6.04 Å². The van der Waals surface area contributed by atoms with Crippen molar-refractivity contribution in [2.75, 3.05) is 26.0 Å². The van der Waals surface area contributed by atoms with Crippen molar-refractivity contribution in [3.63, 3.8) is 0 Å². The number of thiocarbonyl (C=S) groups is 1. The van der Waals surface area contributed by atoms with Crippen LogP contribution in [0.2, 0.25) is 0 Å². The first-order valence-electron chi connectivity index (χ1n) is 7.66. The van der Waals surface area contributed by atoms with Crippen molar-refractivity contribution in [1.29, 1.82) is 0 Å². The summed E-state index contributed by atoms with van der Waals surface area (Å²) in [6, 6.07) is 10.6. The van der Waals surface area contributed by atoms with Crippen LogP contribution in [0.4, 0.5) is 5.69 Å². The second-order valence-electron chi connectivity index (χ2n) is 5.92. The maximum Gasteiger partial charge on any atom is 0.170 e. The van der Waals surface area contributed by atoms with Crippen LogP contribution in [0.1, 0.15) is 22.7 Å². The molecule has 1 aromatic carbocycles. The molecule has 1 aromatic heterocycles. The van der Waals surface area contributed by atoms with E-state index in [-0.39, 0.29) is 6.04 Å². The first-order valence-corrected chi connectivity index (χ1v) is 8.06. The van der Waals surface area contributed by atoms with E-state index in [0.717, 1.165) is 12.2 Å².